The SMILES string of the molecule is COC(=O)C(c1ccccc1)c1cc(Br)c(O)c(Br)c1. The molecule has 0 bridgehead atoms. The number of methoxy groups -OCH3 is 1. The zero-order valence-corrected chi connectivity index (χ0v) is 13.8. The van der Waals surface area contributed by atoms with Gasteiger partial charge in [-0.3, -0.25) is 4.79 Å². The van der Waals surface area contributed by atoms with Crippen molar-refractivity contribution in [3.8, 4) is 5.75 Å². The predicted octanol–water partition coefficient (Wildman–Crippen LogP) is 4.22. The van der Waals surface area contributed by atoms with E-state index in [9.17, 15) is 9.90 Å². The molecule has 104 valence electrons. The first-order valence-electron chi connectivity index (χ1n) is 5.85. The van der Waals surface area contributed by atoms with E-state index in [0.717, 1.165) is 11.1 Å². The summed E-state index contributed by atoms with van der Waals surface area (Å²) in [5, 5.41) is 9.77. The van der Waals surface area contributed by atoms with Crippen LogP contribution in [0, 0.1) is 0 Å². The van der Waals surface area contributed by atoms with E-state index >= 15 is 0 Å². The average Bonchev–Trinajstić information content (AvgIpc) is 2.46. The second-order valence-corrected chi connectivity index (χ2v) is 5.91. The molecule has 2 aromatic carbocycles. The predicted molar refractivity (Wildman–Crippen MR) is 83.8 cm³/mol. The molecule has 2 aromatic rings. The van der Waals surface area contributed by atoms with E-state index in [0.29, 0.717) is 8.95 Å². The summed E-state index contributed by atoms with van der Waals surface area (Å²) in [4.78, 5) is 12.1. The number of benzene rings is 2. The van der Waals surface area contributed by atoms with E-state index in [1.54, 1.807) is 12.1 Å². The minimum Gasteiger partial charge on any atom is -0.506 e. The standard InChI is InChI=1S/C15H12Br2O3/c1-20-15(19)13(9-5-3-2-4-6-9)10-7-11(16)14(18)12(17)8-10/h2-8,13,18H,1H3. The Kier molecular flexibility index (Phi) is 4.83. The van der Waals surface area contributed by atoms with Crippen LogP contribution in [0.3, 0.4) is 0 Å². The summed E-state index contributed by atoms with van der Waals surface area (Å²) in [5.41, 5.74) is 1.57. The van der Waals surface area contributed by atoms with Crippen molar-refractivity contribution in [3.05, 3.63) is 62.5 Å². The van der Waals surface area contributed by atoms with Gasteiger partial charge in [-0.15, -0.1) is 0 Å². The normalized spacial score (nSPS) is 11.9. The fourth-order valence-corrected chi connectivity index (χ4v) is 3.20. The molecule has 1 unspecified atom stereocenters. The third-order valence-corrected chi connectivity index (χ3v) is 4.15. The fourth-order valence-electron chi connectivity index (χ4n) is 1.98. The Labute approximate surface area is 133 Å². The minimum absolute atomic E-state index is 0.102. The van der Waals surface area contributed by atoms with Crippen LogP contribution in [0.2, 0.25) is 0 Å². The number of phenolic OH excluding ortho intramolecular Hbond substituents is 1. The molecule has 0 aliphatic rings. The van der Waals surface area contributed by atoms with Crippen LogP contribution in [0.5, 0.6) is 5.75 Å². The van der Waals surface area contributed by atoms with Crippen LogP contribution in [0.1, 0.15) is 17.0 Å². The van der Waals surface area contributed by atoms with E-state index in [-0.39, 0.29) is 11.7 Å². The van der Waals surface area contributed by atoms with Crippen LogP contribution in [-0.2, 0) is 9.53 Å². The van der Waals surface area contributed by atoms with Crippen LogP contribution in [0.25, 0.3) is 0 Å². The number of hydrogen-bond donors (Lipinski definition) is 1. The second kappa shape index (κ2) is 6.41. The van der Waals surface area contributed by atoms with Crippen molar-refractivity contribution >= 4 is 37.8 Å². The first-order chi connectivity index (χ1) is 9.54. The van der Waals surface area contributed by atoms with Crippen molar-refractivity contribution in [1.82, 2.24) is 0 Å². The highest BCUT2D eigenvalue weighted by atomic mass is 79.9. The Hall–Kier alpha value is -1.33. The molecule has 0 radical (unpaired) electrons. The van der Waals surface area contributed by atoms with E-state index in [2.05, 4.69) is 31.9 Å². The highest BCUT2D eigenvalue weighted by Crippen LogP contribution is 2.37. The van der Waals surface area contributed by atoms with Crippen LogP contribution >= 0.6 is 31.9 Å². The summed E-state index contributed by atoms with van der Waals surface area (Å²) in [6.45, 7) is 0. The maximum Gasteiger partial charge on any atom is 0.317 e. The quantitative estimate of drug-likeness (QED) is 0.786. The lowest BCUT2D eigenvalue weighted by Gasteiger charge is -2.17. The molecule has 0 saturated heterocycles. The summed E-state index contributed by atoms with van der Waals surface area (Å²) >= 11 is 6.55. The van der Waals surface area contributed by atoms with E-state index in [1.807, 2.05) is 30.3 Å². The lowest BCUT2D eigenvalue weighted by molar-refractivity contribution is -0.141. The Morgan fingerprint density at radius 1 is 1.10 bits per heavy atom. The van der Waals surface area contributed by atoms with E-state index in [4.69, 9.17) is 4.74 Å². The molecule has 0 aliphatic carbocycles. The smallest absolute Gasteiger partial charge is 0.317 e. The van der Waals surface area contributed by atoms with Crippen molar-refractivity contribution in [2.24, 2.45) is 0 Å². The van der Waals surface area contributed by atoms with Gasteiger partial charge in [0.1, 0.15) is 11.7 Å². The summed E-state index contributed by atoms with van der Waals surface area (Å²) in [7, 11) is 1.36. The summed E-state index contributed by atoms with van der Waals surface area (Å²) in [5.74, 6) is -0.777. The van der Waals surface area contributed by atoms with Gasteiger partial charge in [0, 0.05) is 0 Å². The topological polar surface area (TPSA) is 46.5 Å². The van der Waals surface area contributed by atoms with E-state index in [1.165, 1.54) is 7.11 Å². The number of phenols is 1. The number of ether oxygens (including phenoxy) is 1. The summed E-state index contributed by atoms with van der Waals surface area (Å²) in [6.07, 6.45) is 0. The average molecular weight is 400 g/mol. The number of esters is 1. The van der Waals surface area contributed by atoms with Crippen LogP contribution < -0.4 is 0 Å². The maximum absolute atomic E-state index is 12.1. The van der Waals surface area contributed by atoms with Crippen molar-refractivity contribution in [3.63, 3.8) is 0 Å². The lowest BCUT2D eigenvalue weighted by atomic mass is 9.91. The van der Waals surface area contributed by atoms with Crippen LogP contribution in [-0.4, -0.2) is 18.2 Å². The molecule has 3 nitrogen and oxygen atoms in total. The zero-order valence-electron chi connectivity index (χ0n) is 10.6. The number of carbonyl (C=O) groups is 1. The molecule has 0 aromatic heterocycles. The third kappa shape index (κ3) is 3.04. The molecule has 0 heterocycles. The summed E-state index contributed by atoms with van der Waals surface area (Å²) < 4.78 is 5.94. The molecule has 0 saturated carbocycles. The largest absolute Gasteiger partial charge is 0.506 e. The van der Waals surface area contributed by atoms with Gasteiger partial charge in [0.15, 0.2) is 0 Å². The Morgan fingerprint density at radius 2 is 1.65 bits per heavy atom. The van der Waals surface area contributed by atoms with Gasteiger partial charge in [-0.25, -0.2) is 0 Å². The number of halogens is 2. The molecule has 0 aliphatic heterocycles. The van der Waals surface area contributed by atoms with Gasteiger partial charge >= 0.3 is 5.97 Å². The number of aromatic hydroxyl groups is 1. The number of carbonyl (C=O) groups excluding carboxylic acids is 1. The molecular formula is C15H12Br2O3. The van der Waals surface area contributed by atoms with Gasteiger partial charge in [-0.1, -0.05) is 30.3 Å². The molecule has 1 N–H and O–H groups in total. The molecule has 0 spiro atoms. The zero-order chi connectivity index (χ0) is 14.7. The minimum atomic E-state index is -0.533. The Bertz CT molecular complexity index is 603. The van der Waals surface area contributed by atoms with Gasteiger partial charge in [-0.2, -0.15) is 0 Å². The van der Waals surface area contributed by atoms with Gasteiger partial charge in [0.25, 0.3) is 0 Å². The first kappa shape index (κ1) is 15.1. The van der Waals surface area contributed by atoms with Crippen molar-refractivity contribution in [2.45, 2.75) is 5.92 Å². The van der Waals surface area contributed by atoms with Crippen molar-refractivity contribution in [1.29, 1.82) is 0 Å². The van der Waals surface area contributed by atoms with Crippen LogP contribution in [0.4, 0.5) is 0 Å². The van der Waals surface area contributed by atoms with Gasteiger partial charge < -0.3 is 9.84 Å². The fraction of sp³-hybridized carbons (Fsp3) is 0.133. The van der Waals surface area contributed by atoms with Gasteiger partial charge in [0.2, 0.25) is 0 Å². The maximum atomic E-state index is 12.1. The van der Waals surface area contributed by atoms with E-state index < -0.39 is 5.92 Å². The summed E-state index contributed by atoms with van der Waals surface area (Å²) in [6, 6.07) is 12.8. The third-order valence-electron chi connectivity index (χ3n) is 2.94. The second-order valence-electron chi connectivity index (χ2n) is 4.20. The first-order valence-corrected chi connectivity index (χ1v) is 7.44. The number of rotatable bonds is 3. The highest BCUT2D eigenvalue weighted by molar-refractivity contribution is 9.11. The molecule has 2 rings (SSSR count). The van der Waals surface area contributed by atoms with Crippen molar-refractivity contribution in [2.75, 3.05) is 7.11 Å². The molecule has 0 amide bonds. The molecular weight excluding hydrogens is 388 g/mol. The Balaban J connectivity index is 2.56. The number of hydrogen-bond acceptors (Lipinski definition) is 3. The molecule has 5 heteroatoms. The van der Waals surface area contributed by atoms with Crippen LogP contribution in [0.15, 0.2) is 51.4 Å². The molecule has 20 heavy (non-hydrogen) atoms. The van der Waals surface area contributed by atoms with Crippen molar-refractivity contribution < 1.29 is 14.6 Å². The Morgan fingerprint density at radius 3 is 2.15 bits per heavy atom. The highest BCUT2D eigenvalue weighted by Gasteiger charge is 2.25. The monoisotopic (exact) mass is 398 g/mol. The van der Waals surface area contributed by atoms with Gasteiger partial charge in [0.05, 0.1) is 16.1 Å². The van der Waals surface area contributed by atoms with Gasteiger partial charge in [-0.05, 0) is 55.1 Å². The molecule has 1 atom stereocenters. The lowest BCUT2D eigenvalue weighted by Crippen LogP contribution is -2.15. The molecule has 0 fully saturated rings.